The molecule has 3 rings (SSSR count). The van der Waals surface area contributed by atoms with Crippen molar-refractivity contribution in [1.29, 1.82) is 0 Å². The molecule has 1 saturated heterocycles. The molecular weight excluding hydrogens is 404 g/mol. The molecule has 6 nitrogen and oxygen atoms in total. The van der Waals surface area contributed by atoms with Crippen molar-refractivity contribution < 1.29 is 19.1 Å². The van der Waals surface area contributed by atoms with E-state index in [2.05, 4.69) is 4.90 Å². The molecule has 160 valence electrons. The van der Waals surface area contributed by atoms with Crippen molar-refractivity contribution in [2.24, 2.45) is 0 Å². The van der Waals surface area contributed by atoms with Crippen LogP contribution < -0.4 is 4.74 Å². The zero-order valence-corrected chi connectivity index (χ0v) is 18.1. The minimum atomic E-state index is -0.509. The number of benzene rings is 2. The molecule has 7 heteroatoms. The van der Waals surface area contributed by atoms with Crippen molar-refractivity contribution >= 4 is 23.5 Å². The maximum absolute atomic E-state index is 12.8. The number of halogens is 1. The van der Waals surface area contributed by atoms with Crippen molar-refractivity contribution in [3.63, 3.8) is 0 Å². The number of nitrogens with zero attached hydrogens (tertiary/aromatic N) is 2. The third kappa shape index (κ3) is 5.32. The van der Waals surface area contributed by atoms with Gasteiger partial charge in [0.2, 0.25) is 0 Å². The first-order chi connectivity index (χ1) is 14.5. The number of amides is 1. The van der Waals surface area contributed by atoms with Crippen molar-refractivity contribution in [2.45, 2.75) is 19.9 Å². The molecule has 1 fully saturated rings. The maximum Gasteiger partial charge on any atom is 0.328 e. The predicted molar refractivity (Wildman–Crippen MR) is 116 cm³/mol. The molecule has 1 atom stereocenters. The Balaban J connectivity index is 1.67. The van der Waals surface area contributed by atoms with Gasteiger partial charge >= 0.3 is 5.97 Å². The molecule has 0 aliphatic carbocycles. The number of esters is 1. The molecular formula is C23H27ClN2O4. The summed E-state index contributed by atoms with van der Waals surface area (Å²) in [4.78, 5) is 29.4. The topological polar surface area (TPSA) is 59.1 Å². The monoisotopic (exact) mass is 430 g/mol. The van der Waals surface area contributed by atoms with E-state index in [4.69, 9.17) is 21.1 Å². The van der Waals surface area contributed by atoms with Gasteiger partial charge in [-0.2, -0.15) is 0 Å². The first-order valence-corrected chi connectivity index (χ1v) is 10.6. The van der Waals surface area contributed by atoms with Crippen molar-refractivity contribution in [2.75, 3.05) is 39.4 Å². The zero-order chi connectivity index (χ0) is 21.5. The van der Waals surface area contributed by atoms with Crippen LogP contribution in [0.2, 0.25) is 5.02 Å². The number of hydrogen-bond donors (Lipinski definition) is 0. The highest BCUT2D eigenvalue weighted by molar-refractivity contribution is 6.30. The average Bonchev–Trinajstić information content (AvgIpc) is 2.76. The van der Waals surface area contributed by atoms with Crippen LogP contribution in [0.1, 0.15) is 35.8 Å². The lowest BCUT2D eigenvalue weighted by Gasteiger charge is -2.38. The van der Waals surface area contributed by atoms with Gasteiger partial charge in [-0.05, 0) is 55.8 Å². The van der Waals surface area contributed by atoms with E-state index >= 15 is 0 Å². The molecule has 2 aromatic rings. The molecule has 0 bridgehead atoms. The minimum Gasteiger partial charge on any atom is -0.494 e. The maximum atomic E-state index is 12.8. The van der Waals surface area contributed by atoms with Crippen LogP contribution in [0.25, 0.3) is 0 Å². The van der Waals surface area contributed by atoms with Gasteiger partial charge in [-0.25, -0.2) is 4.79 Å². The minimum absolute atomic E-state index is 0.0168. The number of carbonyl (C=O) groups excluding carboxylic acids is 2. The summed E-state index contributed by atoms with van der Waals surface area (Å²) in [5.41, 5.74) is 1.47. The number of hydrogen-bond acceptors (Lipinski definition) is 5. The van der Waals surface area contributed by atoms with Crippen LogP contribution in [-0.4, -0.2) is 61.1 Å². The van der Waals surface area contributed by atoms with E-state index in [0.717, 1.165) is 11.3 Å². The number of carbonyl (C=O) groups is 2. The SMILES string of the molecule is CCOC(=O)[C@H](c1ccc(Cl)cc1)N1CCN(C(=O)c2ccc(OCC)cc2)CC1. The fourth-order valence-corrected chi connectivity index (χ4v) is 3.71. The summed E-state index contributed by atoms with van der Waals surface area (Å²) in [5, 5.41) is 0.618. The summed E-state index contributed by atoms with van der Waals surface area (Å²) in [6.45, 7) is 6.86. The number of ether oxygens (including phenoxy) is 2. The van der Waals surface area contributed by atoms with E-state index in [9.17, 15) is 9.59 Å². The van der Waals surface area contributed by atoms with Crippen molar-refractivity contribution in [3.05, 3.63) is 64.7 Å². The Bertz CT molecular complexity index is 847. The van der Waals surface area contributed by atoms with E-state index in [-0.39, 0.29) is 11.9 Å². The fraction of sp³-hybridized carbons (Fsp3) is 0.391. The second-order valence-corrected chi connectivity index (χ2v) is 7.43. The Morgan fingerprint density at radius 3 is 2.13 bits per heavy atom. The molecule has 0 unspecified atom stereocenters. The lowest BCUT2D eigenvalue weighted by Crippen LogP contribution is -2.51. The Labute approximate surface area is 182 Å². The van der Waals surface area contributed by atoms with Gasteiger partial charge in [0.05, 0.1) is 13.2 Å². The molecule has 0 radical (unpaired) electrons. The molecule has 0 spiro atoms. The van der Waals surface area contributed by atoms with Gasteiger partial charge < -0.3 is 14.4 Å². The molecule has 0 N–H and O–H groups in total. The number of rotatable bonds is 7. The highest BCUT2D eigenvalue weighted by Crippen LogP contribution is 2.26. The van der Waals surface area contributed by atoms with Crippen LogP contribution in [0, 0.1) is 0 Å². The lowest BCUT2D eigenvalue weighted by atomic mass is 10.0. The van der Waals surface area contributed by atoms with Crippen LogP contribution >= 0.6 is 11.6 Å². The zero-order valence-electron chi connectivity index (χ0n) is 17.3. The second kappa shape index (κ2) is 10.5. The standard InChI is InChI=1S/C23H27ClN2O4/c1-3-29-20-11-7-18(8-12-20)22(27)26-15-13-25(14-16-26)21(23(28)30-4-2)17-5-9-19(24)10-6-17/h5-12,21H,3-4,13-16H2,1-2H3/t21-/m0/s1. The fourth-order valence-electron chi connectivity index (χ4n) is 3.59. The Hall–Kier alpha value is -2.57. The van der Waals surface area contributed by atoms with E-state index in [1.54, 1.807) is 31.2 Å². The predicted octanol–water partition coefficient (Wildman–Crippen LogP) is 3.80. The van der Waals surface area contributed by atoms with Gasteiger partial charge in [0.15, 0.2) is 0 Å². The van der Waals surface area contributed by atoms with Gasteiger partial charge in [0.25, 0.3) is 5.91 Å². The summed E-state index contributed by atoms with van der Waals surface area (Å²) < 4.78 is 10.7. The highest BCUT2D eigenvalue weighted by atomic mass is 35.5. The van der Waals surface area contributed by atoms with Crippen molar-refractivity contribution in [1.82, 2.24) is 9.80 Å². The van der Waals surface area contributed by atoms with E-state index in [1.807, 2.05) is 36.1 Å². The molecule has 1 aliphatic rings. The Morgan fingerprint density at radius 2 is 1.57 bits per heavy atom. The molecule has 30 heavy (non-hydrogen) atoms. The summed E-state index contributed by atoms with van der Waals surface area (Å²) in [6.07, 6.45) is 0. The third-order valence-corrected chi connectivity index (χ3v) is 5.33. The Kier molecular flexibility index (Phi) is 7.71. The molecule has 1 aliphatic heterocycles. The average molecular weight is 431 g/mol. The Morgan fingerprint density at radius 1 is 0.933 bits per heavy atom. The summed E-state index contributed by atoms with van der Waals surface area (Å²) in [6, 6.07) is 13.9. The van der Waals surface area contributed by atoms with Gasteiger partial charge in [0, 0.05) is 36.8 Å². The number of piperazine rings is 1. The smallest absolute Gasteiger partial charge is 0.328 e. The quantitative estimate of drug-likeness (QED) is 0.625. The van der Waals surface area contributed by atoms with E-state index < -0.39 is 6.04 Å². The van der Waals surface area contributed by atoms with Crippen LogP contribution in [0.3, 0.4) is 0 Å². The highest BCUT2D eigenvalue weighted by Gasteiger charge is 2.32. The summed E-state index contributed by atoms with van der Waals surface area (Å²) in [5.74, 6) is 0.446. The molecule has 1 amide bonds. The largest absolute Gasteiger partial charge is 0.494 e. The summed E-state index contributed by atoms with van der Waals surface area (Å²) in [7, 11) is 0. The third-order valence-electron chi connectivity index (χ3n) is 5.07. The van der Waals surface area contributed by atoms with Gasteiger partial charge in [-0.3, -0.25) is 9.69 Å². The molecule has 0 aromatic heterocycles. The molecule has 1 heterocycles. The second-order valence-electron chi connectivity index (χ2n) is 6.99. The van der Waals surface area contributed by atoms with Gasteiger partial charge in [-0.1, -0.05) is 23.7 Å². The molecule has 2 aromatic carbocycles. The van der Waals surface area contributed by atoms with Crippen LogP contribution in [-0.2, 0) is 9.53 Å². The summed E-state index contributed by atoms with van der Waals surface area (Å²) >= 11 is 6.00. The normalized spacial score (nSPS) is 15.5. The van der Waals surface area contributed by atoms with Gasteiger partial charge in [0.1, 0.15) is 11.8 Å². The van der Waals surface area contributed by atoms with E-state index in [0.29, 0.717) is 50.0 Å². The first-order valence-electron chi connectivity index (χ1n) is 10.2. The van der Waals surface area contributed by atoms with Crippen LogP contribution in [0.15, 0.2) is 48.5 Å². The van der Waals surface area contributed by atoms with Gasteiger partial charge in [-0.15, -0.1) is 0 Å². The molecule has 0 saturated carbocycles. The van der Waals surface area contributed by atoms with Crippen LogP contribution in [0.5, 0.6) is 5.75 Å². The van der Waals surface area contributed by atoms with Crippen molar-refractivity contribution in [3.8, 4) is 5.75 Å². The van der Waals surface area contributed by atoms with Crippen LogP contribution in [0.4, 0.5) is 0 Å². The lowest BCUT2D eigenvalue weighted by molar-refractivity contribution is -0.150. The van der Waals surface area contributed by atoms with E-state index in [1.165, 1.54) is 0 Å². The first kappa shape index (κ1) is 22.1.